The van der Waals surface area contributed by atoms with E-state index in [1.165, 1.54) is 71.6 Å². The van der Waals surface area contributed by atoms with Crippen LogP contribution < -0.4 is 0 Å². The first kappa shape index (κ1) is 31.2. The summed E-state index contributed by atoms with van der Waals surface area (Å²) in [7, 11) is 0. The molecule has 1 aromatic heterocycles. The molecular weight excluding hydrogens is 627 g/mol. The minimum absolute atomic E-state index is 1.02. The van der Waals surface area contributed by atoms with Crippen molar-refractivity contribution in [2.75, 3.05) is 0 Å². The summed E-state index contributed by atoms with van der Waals surface area (Å²) in [5, 5.41) is 6.07. The van der Waals surface area contributed by atoms with Gasteiger partial charge in [0.25, 0.3) is 0 Å². The van der Waals surface area contributed by atoms with Gasteiger partial charge in [0.15, 0.2) is 0 Å². The van der Waals surface area contributed by atoms with Crippen LogP contribution in [-0.2, 0) is 0 Å². The molecule has 1 heteroatoms. The molecule has 0 saturated heterocycles. The molecule has 1 heterocycles. The van der Waals surface area contributed by atoms with Crippen molar-refractivity contribution in [3.8, 4) is 22.3 Å². The lowest BCUT2D eigenvalue weighted by Crippen LogP contribution is -1.88. The number of pyridine rings is 1. The van der Waals surface area contributed by atoms with E-state index < -0.39 is 0 Å². The van der Waals surface area contributed by atoms with Gasteiger partial charge in [-0.15, -0.1) is 0 Å². The van der Waals surface area contributed by atoms with Crippen LogP contribution in [0.2, 0.25) is 0 Å². The van der Waals surface area contributed by atoms with Gasteiger partial charge in [-0.1, -0.05) is 164 Å². The summed E-state index contributed by atoms with van der Waals surface area (Å²) in [5.74, 6) is 0. The molecule has 52 heavy (non-hydrogen) atoms. The first-order valence-corrected chi connectivity index (χ1v) is 17.8. The third-order valence-electron chi connectivity index (χ3n) is 9.85. The Balaban J connectivity index is 0.920. The van der Waals surface area contributed by atoms with Gasteiger partial charge in [0.05, 0.1) is 5.52 Å². The van der Waals surface area contributed by atoms with E-state index in [0.717, 1.165) is 16.5 Å². The van der Waals surface area contributed by atoms with Crippen molar-refractivity contribution in [1.82, 2.24) is 4.98 Å². The van der Waals surface area contributed by atoms with E-state index in [0.29, 0.717) is 0 Å². The van der Waals surface area contributed by atoms with Gasteiger partial charge in [0.1, 0.15) is 0 Å². The smallest absolute Gasteiger partial charge is 0.0702 e. The maximum absolute atomic E-state index is 4.66. The standard InChI is InChI=1S/C51H35N/c1-3-9-40(10-4-1)50(41-11-5-2-6-12-41)31-38-17-21-39(22-18-38)44-27-25-42-29-36(19-23-45(42)32-44)15-16-37-20-24-46-33-47(28-26-43(46)30-37)49-34-48-13-7-8-14-51(48)52-35-49/h1-35H/b16-15+. The van der Waals surface area contributed by atoms with Crippen molar-refractivity contribution < 1.29 is 0 Å². The van der Waals surface area contributed by atoms with Crippen LogP contribution >= 0.6 is 0 Å². The van der Waals surface area contributed by atoms with Crippen molar-refractivity contribution in [3.05, 3.63) is 222 Å². The zero-order valence-corrected chi connectivity index (χ0v) is 28.7. The van der Waals surface area contributed by atoms with E-state index in [4.69, 9.17) is 0 Å². The highest BCUT2D eigenvalue weighted by Crippen LogP contribution is 2.30. The molecule has 9 aromatic rings. The number of rotatable bonds is 7. The molecule has 0 bridgehead atoms. The second-order valence-corrected chi connectivity index (χ2v) is 13.3. The summed E-state index contributed by atoms with van der Waals surface area (Å²) in [6, 6.07) is 67.3. The normalized spacial score (nSPS) is 11.4. The number of para-hydroxylation sites is 1. The third-order valence-corrected chi connectivity index (χ3v) is 9.85. The first-order valence-electron chi connectivity index (χ1n) is 17.8. The third kappa shape index (κ3) is 6.56. The van der Waals surface area contributed by atoms with E-state index in [-0.39, 0.29) is 0 Å². The minimum atomic E-state index is 1.02. The van der Waals surface area contributed by atoms with Crippen molar-refractivity contribution in [1.29, 1.82) is 0 Å². The molecule has 8 aromatic carbocycles. The molecule has 0 atom stereocenters. The van der Waals surface area contributed by atoms with E-state index >= 15 is 0 Å². The van der Waals surface area contributed by atoms with Crippen LogP contribution in [-0.4, -0.2) is 4.98 Å². The number of hydrogen-bond donors (Lipinski definition) is 0. The van der Waals surface area contributed by atoms with Crippen LogP contribution in [0.4, 0.5) is 0 Å². The molecule has 0 aliphatic carbocycles. The number of hydrogen-bond acceptors (Lipinski definition) is 1. The van der Waals surface area contributed by atoms with Crippen LogP contribution in [0.3, 0.4) is 0 Å². The summed E-state index contributed by atoms with van der Waals surface area (Å²) in [5.41, 5.74) is 12.9. The van der Waals surface area contributed by atoms with Gasteiger partial charge in [0, 0.05) is 17.1 Å². The molecule has 0 N–H and O–H groups in total. The Labute approximate surface area is 304 Å². The minimum Gasteiger partial charge on any atom is -0.256 e. The molecule has 9 rings (SSSR count). The second kappa shape index (κ2) is 13.8. The SMILES string of the molecule is C(=C(c1ccccc1)c1ccccc1)c1ccc(-c2ccc3cc(/C=C/c4ccc5cc(-c6cnc7ccccc7c6)ccc5c4)ccc3c2)cc1. The summed E-state index contributed by atoms with van der Waals surface area (Å²) in [4.78, 5) is 4.66. The Hall–Kier alpha value is -6.83. The quantitative estimate of drug-likeness (QED) is 0.155. The fraction of sp³-hybridized carbons (Fsp3) is 0. The van der Waals surface area contributed by atoms with Crippen molar-refractivity contribution >= 4 is 56.2 Å². The fourth-order valence-corrected chi connectivity index (χ4v) is 7.02. The van der Waals surface area contributed by atoms with Gasteiger partial charge in [0.2, 0.25) is 0 Å². The number of aromatic nitrogens is 1. The maximum Gasteiger partial charge on any atom is 0.0702 e. The van der Waals surface area contributed by atoms with Gasteiger partial charge in [-0.05, 0) is 114 Å². The maximum atomic E-state index is 4.66. The Bertz CT molecular complexity index is 2710. The van der Waals surface area contributed by atoms with Crippen LogP contribution in [0, 0.1) is 0 Å². The lowest BCUT2D eigenvalue weighted by atomic mass is 9.95. The van der Waals surface area contributed by atoms with Gasteiger partial charge >= 0.3 is 0 Å². The van der Waals surface area contributed by atoms with E-state index in [9.17, 15) is 0 Å². The van der Waals surface area contributed by atoms with Gasteiger partial charge in [-0.3, -0.25) is 4.98 Å². The van der Waals surface area contributed by atoms with Crippen molar-refractivity contribution in [2.24, 2.45) is 0 Å². The molecule has 0 saturated carbocycles. The highest BCUT2D eigenvalue weighted by molar-refractivity contribution is 5.94. The van der Waals surface area contributed by atoms with E-state index in [1.54, 1.807) is 0 Å². The zero-order chi connectivity index (χ0) is 34.7. The molecule has 0 unspecified atom stereocenters. The molecule has 244 valence electrons. The average Bonchev–Trinajstić information content (AvgIpc) is 3.22. The van der Waals surface area contributed by atoms with Crippen LogP contribution in [0.5, 0.6) is 0 Å². The van der Waals surface area contributed by atoms with Crippen LogP contribution in [0.15, 0.2) is 194 Å². The Morgan fingerprint density at radius 1 is 0.346 bits per heavy atom. The highest BCUT2D eigenvalue weighted by Gasteiger charge is 2.07. The van der Waals surface area contributed by atoms with Gasteiger partial charge in [-0.25, -0.2) is 0 Å². The molecular formula is C51H35N. The summed E-state index contributed by atoms with van der Waals surface area (Å²) < 4.78 is 0. The number of fused-ring (bicyclic) bond motifs is 3. The predicted octanol–water partition coefficient (Wildman–Crippen LogP) is 13.6. The molecule has 1 nitrogen and oxygen atoms in total. The average molecular weight is 662 g/mol. The fourth-order valence-electron chi connectivity index (χ4n) is 7.02. The molecule has 0 fully saturated rings. The largest absolute Gasteiger partial charge is 0.256 e. The summed E-state index contributed by atoms with van der Waals surface area (Å²) in [6.07, 6.45) is 8.65. The Morgan fingerprint density at radius 2 is 0.808 bits per heavy atom. The zero-order valence-electron chi connectivity index (χ0n) is 28.7. The molecule has 0 amide bonds. The molecule has 0 spiro atoms. The van der Waals surface area contributed by atoms with Crippen molar-refractivity contribution in [2.45, 2.75) is 0 Å². The topological polar surface area (TPSA) is 12.9 Å². The lowest BCUT2D eigenvalue weighted by molar-refractivity contribution is 1.41. The molecule has 0 aliphatic heterocycles. The van der Waals surface area contributed by atoms with E-state index in [2.05, 4.69) is 205 Å². The lowest BCUT2D eigenvalue weighted by Gasteiger charge is -2.10. The second-order valence-electron chi connectivity index (χ2n) is 13.3. The van der Waals surface area contributed by atoms with Crippen LogP contribution in [0.25, 0.3) is 78.5 Å². The number of benzene rings is 8. The highest BCUT2D eigenvalue weighted by atomic mass is 14.6. The van der Waals surface area contributed by atoms with Crippen molar-refractivity contribution in [3.63, 3.8) is 0 Å². The van der Waals surface area contributed by atoms with Gasteiger partial charge in [-0.2, -0.15) is 0 Å². The van der Waals surface area contributed by atoms with Gasteiger partial charge < -0.3 is 0 Å². The van der Waals surface area contributed by atoms with Crippen LogP contribution in [0.1, 0.15) is 27.8 Å². The number of nitrogens with zero attached hydrogens (tertiary/aromatic N) is 1. The Kier molecular flexibility index (Phi) is 8.29. The summed E-state index contributed by atoms with van der Waals surface area (Å²) in [6.45, 7) is 0. The van der Waals surface area contributed by atoms with E-state index in [1.807, 2.05) is 12.3 Å². The predicted molar refractivity (Wildman–Crippen MR) is 223 cm³/mol. The molecule has 0 radical (unpaired) electrons. The monoisotopic (exact) mass is 661 g/mol. The first-order chi connectivity index (χ1) is 25.7. The molecule has 0 aliphatic rings. The Morgan fingerprint density at radius 3 is 1.42 bits per heavy atom. The summed E-state index contributed by atoms with van der Waals surface area (Å²) >= 11 is 0.